The Labute approximate surface area is 138 Å². The molecule has 1 aliphatic rings. The predicted octanol–water partition coefficient (Wildman–Crippen LogP) is 1.91. The van der Waals surface area contributed by atoms with Gasteiger partial charge in [-0.25, -0.2) is 9.97 Å². The average Bonchev–Trinajstić information content (AvgIpc) is 3.21. The number of nitriles is 1. The molecule has 2 aromatic rings. The van der Waals surface area contributed by atoms with Crippen molar-refractivity contribution in [2.24, 2.45) is 5.92 Å². The lowest BCUT2D eigenvalue weighted by Gasteiger charge is -2.21. The lowest BCUT2D eigenvalue weighted by atomic mass is 9.96. The van der Waals surface area contributed by atoms with Crippen LogP contribution in [0.5, 0.6) is 0 Å². The number of hydrogen-bond acceptors (Lipinski definition) is 5. The zero-order valence-corrected chi connectivity index (χ0v) is 14.3. The van der Waals surface area contributed by atoms with Crippen molar-refractivity contribution in [1.29, 1.82) is 5.26 Å². The Balaban J connectivity index is 1.81. The van der Waals surface area contributed by atoms with Gasteiger partial charge in [-0.15, -0.1) is 0 Å². The number of nitrogens with one attached hydrogen (secondary N) is 2. The molecule has 0 bridgehead atoms. The van der Waals surface area contributed by atoms with Crippen LogP contribution in [0.3, 0.4) is 0 Å². The number of rotatable bonds is 5. The van der Waals surface area contributed by atoms with Crippen LogP contribution in [-0.4, -0.2) is 33.4 Å². The molecule has 3 rings (SSSR count). The molecule has 2 N–H and O–H groups in total. The van der Waals surface area contributed by atoms with Crippen molar-refractivity contribution in [3.63, 3.8) is 0 Å². The Morgan fingerprint density at radius 3 is 3.26 bits per heavy atom. The third kappa shape index (κ3) is 3.36. The highest BCUT2D eigenvalue weighted by atomic mass is 31.0. The zero-order chi connectivity index (χ0) is 16.2. The van der Waals surface area contributed by atoms with Crippen LogP contribution in [-0.2, 0) is 0 Å². The minimum atomic E-state index is 0.175. The highest BCUT2D eigenvalue weighted by molar-refractivity contribution is 7.14. The van der Waals surface area contributed by atoms with Crippen molar-refractivity contribution in [3.8, 4) is 6.07 Å². The predicted molar refractivity (Wildman–Crippen MR) is 94.4 cm³/mol. The molecule has 0 spiro atoms. The van der Waals surface area contributed by atoms with Crippen molar-refractivity contribution in [2.75, 3.05) is 13.1 Å². The summed E-state index contributed by atoms with van der Waals surface area (Å²) in [7, 11) is 2.62. The molecule has 0 radical (unpaired) electrons. The SMILES string of the molecule is C/C(=C\NC(CC#N)C1CCNC1)c1ncnc2c1ccn2P. The van der Waals surface area contributed by atoms with Crippen molar-refractivity contribution < 1.29 is 0 Å². The minimum absolute atomic E-state index is 0.175. The van der Waals surface area contributed by atoms with Gasteiger partial charge in [0.05, 0.1) is 18.2 Å². The molecule has 1 fully saturated rings. The summed E-state index contributed by atoms with van der Waals surface area (Å²) in [6, 6.07) is 4.48. The Bertz CT molecular complexity index is 754. The fraction of sp³-hybridized carbons (Fsp3) is 0.438. The van der Waals surface area contributed by atoms with Crippen LogP contribution in [0.2, 0.25) is 0 Å². The summed E-state index contributed by atoms with van der Waals surface area (Å²) in [4.78, 5) is 8.73. The van der Waals surface area contributed by atoms with Gasteiger partial charge in [0.1, 0.15) is 12.0 Å². The van der Waals surface area contributed by atoms with E-state index in [0.29, 0.717) is 12.3 Å². The largest absolute Gasteiger partial charge is 0.387 e. The van der Waals surface area contributed by atoms with Gasteiger partial charge in [0.2, 0.25) is 0 Å². The summed E-state index contributed by atoms with van der Waals surface area (Å²) in [5.41, 5.74) is 2.85. The fourth-order valence-electron chi connectivity index (χ4n) is 3.07. The van der Waals surface area contributed by atoms with Crippen LogP contribution in [0, 0.1) is 17.2 Å². The molecule has 1 saturated heterocycles. The second-order valence-corrected chi connectivity index (χ2v) is 6.45. The first kappa shape index (κ1) is 15.9. The lowest BCUT2D eigenvalue weighted by molar-refractivity contribution is 0.415. The van der Waals surface area contributed by atoms with E-state index < -0.39 is 0 Å². The number of fused-ring (bicyclic) bond motifs is 1. The second-order valence-electron chi connectivity index (χ2n) is 5.90. The number of allylic oxidation sites excluding steroid dienone is 1. The van der Waals surface area contributed by atoms with E-state index in [1.54, 1.807) is 6.33 Å². The summed E-state index contributed by atoms with van der Waals surface area (Å²) >= 11 is 0. The Morgan fingerprint density at radius 1 is 1.65 bits per heavy atom. The number of hydrogen-bond donors (Lipinski definition) is 2. The molecule has 0 saturated carbocycles. The minimum Gasteiger partial charge on any atom is -0.387 e. The van der Waals surface area contributed by atoms with E-state index >= 15 is 0 Å². The molecule has 0 amide bonds. The molecule has 120 valence electrons. The van der Waals surface area contributed by atoms with Gasteiger partial charge in [0, 0.05) is 23.8 Å². The first-order valence-corrected chi connectivity index (χ1v) is 8.30. The van der Waals surface area contributed by atoms with Crippen molar-refractivity contribution >= 4 is 26.0 Å². The first-order chi connectivity index (χ1) is 11.2. The van der Waals surface area contributed by atoms with Gasteiger partial charge in [0.25, 0.3) is 0 Å². The number of aromatic nitrogens is 3. The standard InChI is InChI=1S/C16H21N6P/c1-11(8-19-14(2-5-17)12-3-6-18-9-12)15-13-4-7-22(23)16(13)21-10-20-15/h4,7-8,10,12,14,18-19H,2-3,6,9,23H2,1H3/b11-8+. The molecular weight excluding hydrogens is 307 g/mol. The monoisotopic (exact) mass is 328 g/mol. The van der Waals surface area contributed by atoms with Crippen LogP contribution >= 0.6 is 9.39 Å². The van der Waals surface area contributed by atoms with E-state index in [4.69, 9.17) is 5.26 Å². The molecule has 0 aromatic carbocycles. The van der Waals surface area contributed by atoms with Gasteiger partial charge in [-0.05, 0) is 53.4 Å². The molecule has 0 aliphatic carbocycles. The van der Waals surface area contributed by atoms with Crippen molar-refractivity contribution in [2.45, 2.75) is 25.8 Å². The van der Waals surface area contributed by atoms with E-state index in [-0.39, 0.29) is 6.04 Å². The third-order valence-corrected chi connectivity index (χ3v) is 4.79. The van der Waals surface area contributed by atoms with Gasteiger partial charge >= 0.3 is 0 Å². The molecule has 7 heteroatoms. The van der Waals surface area contributed by atoms with Gasteiger partial charge < -0.3 is 15.0 Å². The fourth-order valence-corrected chi connectivity index (χ4v) is 3.36. The molecule has 3 unspecified atom stereocenters. The molecule has 3 heterocycles. The van der Waals surface area contributed by atoms with Gasteiger partial charge in [-0.2, -0.15) is 5.26 Å². The van der Waals surface area contributed by atoms with E-state index in [1.807, 2.05) is 29.7 Å². The third-order valence-electron chi connectivity index (χ3n) is 4.38. The summed E-state index contributed by atoms with van der Waals surface area (Å²) in [5, 5.41) is 16.9. The quantitative estimate of drug-likeness (QED) is 0.820. The molecule has 6 nitrogen and oxygen atoms in total. The van der Waals surface area contributed by atoms with Gasteiger partial charge in [0.15, 0.2) is 0 Å². The lowest BCUT2D eigenvalue weighted by Crippen LogP contribution is -2.34. The van der Waals surface area contributed by atoms with Gasteiger partial charge in [-0.1, -0.05) is 0 Å². The average molecular weight is 328 g/mol. The van der Waals surface area contributed by atoms with Crippen LogP contribution in [0.25, 0.3) is 16.6 Å². The van der Waals surface area contributed by atoms with E-state index in [9.17, 15) is 0 Å². The van der Waals surface area contributed by atoms with E-state index in [1.165, 1.54) is 0 Å². The molecule has 3 atom stereocenters. The molecule has 1 aliphatic heterocycles. The van der Waals surface area contributed by atoms with Crippen LogP contribution < -0.4 is 10.6 Å². The van der Waals surface area contributed by atoms with E-state index in [2.05, 4.69) is 36.1 Å². The molecule has 2 aromatic heterocycles. The summed E-state index contributed by atoms with van der Waals surface area (Å²) < 4.78 is 1.91. The smallest absolute Gasteiger partial charge is 0.146 e. The van der Waals surface area contributed by atoms with Crippen LogP contribution in [0.15, 0.2) is 24.8 Å². The van der Waals surface area contributed by atoms with Crippen molar-refractivity contribution in [3.05, 3.63) is 30.5 Å². The number of nitrogens with zero attached hydrogens (tertiary/aromatic N) is 4. The van der Waals surface area contributed by atoms with Gasteiger partial charge in [-0.3, -0.25) is 0 Å². The highest BCUT2D eigenvalue weighted by Gasteiger charge is 2.23. The maximum absolute atomic E-state index is 9.07. The normalized spacial score (nSPS) is 19.7. The van der Waals surface area contributed by atoms with Crippen LogP contribution in [0.4, 0.5) is 0 Å². The molecule has 23 heavy (non-hydrogen) atoms. The highest BCUT2D eigenvalue weighted by Crippen LogP contribution is 2.23. The maximum atomic E-state index is 9.07. The second kappa shape index (κ2) is 7.08. The van der Waals surface area contributed by atoms with E-state index in [0.717, 1.165) is 41.8 Å². The topological polar surface area (TPSA) is 78.6 Å². The van der Waals surface area contributed by atoms with Crippen LogP contribution in [0.1, 0.15) is 25.5 Å². The Hall–Kier alpha value is -1.96. The summed E-state index contributed by atoms with van der Waals surface area (Å²) in [5.74, 6) is 0.497. The summed E-state index contributed by atoms with van der Waals surface area (Å²) in [6.45, 7) is 4.04. The Morgan fingerprint density at radius 2 is 2.52 bits per heavy atom. The zero-order valence-electron chi connectivity index (χ0n) is 13.2. The first-order valence-electron chi connectivity index (χ1n) is 7.78. The molecular formula is C16H21N6P. The van der Waals surface area contributed by atoms with Crippen molar-refractivity contribution in [1.82, 2.24) is 24.9 Å². The maximum Gasteiger partial charge on any atom is 0.146 e. The summed E-state index contributed by atoms with van der Waals surface area (Å²) in [6.07, 6.45) is 7.15. The Kier molecular flexibility index (Phi) is 4.90.